The molecule has 1 aliphatic heterocycles. The van der Waals surface area contributed by atoms with Crippen LogP contribution in [0.3, 0.4) is 0 Å². The van der Waals surface area contributed by atoms with E-state index in [1.807, 2.05) is 26.1 Å². The molecule has 2 rings (SSSR count). The van der Waals surface area contributed by atoms with Crippen LogP contribution in [0.1, 0.15) is 11.1 Å². The Morgan fingerprint density at radius 2 is 2.17 bits per heavy atom. The number of fused-ring (bicyclic) bond motifs is 1. The molecule has 0 fully saturated rings. The maximum absolute atomic E-state index is 11.3. The smallest absolute Gasteiger partial charge is 0.231 e. The first-order valence-electron chi connectivity index (χ1n) is 4.04. The van der Waals surface area contributed by atoms with Crippen LogP contribution in [0.5, 0.6) is 0 Å². The topological polar surface area (TPSA) is 20.3 Å². The molecule has 1 heterocycles. The third-order valence-electron chi connectivity index (χ3n) is 2.32. The Hall–Kier alpha value is -1.31. The van der Waals surface area contributed by atoms with Gasteiger partial charge in [-0.2, -0.15) is 0 Å². The minimum absolute atomic E-state index is 0.190. The van der Waals surface area contributed by atoms with Crippen molar-refractivity contribution in [2.45, 2.75) is 13.3 Å². The van der Waals surface area contributed by atoms with Crippen LogP contribution in [0, 0.1) is 6.92 Å². The molecule has 62 valence electrons. The Morgan fingerprint density at radius 1 is 1.42 bits per heavy atom. The van der Waals surface area contributed by atoms with Gasteiger partial charge in [0.25, 0.3) is 0 Å². The summed E-state index contributed by atoms with van der Waals surface area (Å²) in [6, 6.07) is 6.14. The van der Waals surface area contributed by atoms with Crippen molar-refractivity contribution < 1.29 is 4.79 Å². The number of likely N-dealkylation sites (N-methyl/N-ethyl adjacent to an activating group) is 1. The number of carbonyl (C=O) groups excluding carboxylic acids is 1. The molecular weight excluding hydrogens is 150 g/mol. The van der Waals surface area contributed by atoms with Crippen molar-refractivity contribution >= 4 is 11.6 Å². The molecule has 0 bridgehead atoms. The highest BCUT2D eigenvalue weighted by atomic mass is 16.2. The van der Waals surface area contributed by atoms with Gasteiger partial charge in [0.1, 0.15) is 0 Å². The molecule has 0 atom stereocenters. The summed E-state index contributed by atoms with van der Waals surface area (Å²) in [7, 11) is 1.83. The van der Waals surface area contributed by atoms with Gasteiger partial charge < -0.3 is 4.90 Å². The van der Waals surface area contributed by atoms with E-state index in [1.165, 1.54) is 5.56 Å². The van der Waals surface area contributed by atoms with Crippen LogP contribution in [0.4, 0.5) is 5.69 Å². The second-order valence-electron chi connectivity index (χ2n) is 3.26. The summed E-state index contributed by atoms with van der Waals surface area (Å²) in [5.41, 5.74) is 3.42. The van der Waals surface area contributed by atoms with Crippen LogP contribution < -0.4 is 4.90 Å². The summed E-state index contributed by atoms with van der Waals surface area (Å²) in [6.45, 7) is 2.04. The highest BCUT2D eigenvalue weighted by Crippen LogP contribution is 2.27. The molecule has 1 amide bonds. The first-order chi connectivity index (χ1) is 5.68. The molecule has 0 unspecified atom stereocenters. The van der Waals surface area contributed by atoms with Crippen LogP contribution in [0.15, 0.2) is 18.2 Å². The molecule has 0 N–H and O–H groups in total. The van der Waals surface area contributed by atoms with E-state index >= 15 is 0 Å². The Morgan fingerprint density at radius 3 is 2.92 bits per heavy atom. The van der Waals surface area contributed by atoms with Gasteiger partial charge in [-0.1, -0.05) is 12.1 Å². The van der Waals surface area contributed by atoms with Crippen LogP contribution in [0.2, 0.25) is 0 Å². The third-order valence-corrected chi connectivity index (χ3v) is 2.32. The van der Waals surface area contributed by atoms with Crippen molar-refractivity contribution in [1.82, 2.24) is 0 Å². The summed E-state index contributed by atoms with van der Waals surface area (Å²) in [4.78, 5) is 13.0. The molecule has 1 aromatic rings. The van der Waals surface area contributed by atoms with Crippen molar-refractivity contribution in [3.05, 3.63) is 29.3 Å². The summed E-state index contributed by atoms with van der Waals surface area (Å²) in [6.07, 6.45) is 0.562. The monoisotopic (exact) mass is 161 g/mol. The van der Waals surface area contributed by atoms with Gasteiger partial charge in [-0.3, -0.25) is 4.79 Å². The second-order valence-corrected chi connectivity index (χ2v) is 3.26. The molecule has 0 saturated carbocycles. The minimum atomic E-state index is 0.190. The maximum atomic E-state index is 11.3. The van der Waals surface area contributed by atoms with Crippen LogP contribution in [0.25, 0.3) is 0 Å². The Bertz CT molecular complexity index is 344. The van der Waals surface area contributed by atoms with Gasteiger partial charge in [0, 0.05) is 12.7 Å². The largest absolute Gasteiger partial charge is 0.315 e. The zero-order chi connectivity index (χ0) is 8.72. The van der Waals surface area contributed by atoms with Gasteiger partial charge in [-0.25, -0.2) is 0 Å². The van der Waals surface area contributed by atoms with Gasteiger partial charge in [-0.05, 0) is 24.1 Å². The Kier molecular flexibility index (Phi) is 1.43. The van der Waals surface area contributed by atoms with Crippen LogP contribution in [-0.4, -0.2) is 13.0 Å². The van der Waals surface area contributed by atoms with Crippen LogP contribution in [-0.2, 0) is 11.2 Å². The molecular formula is C10H11NO. The Labute approximate surface area is 71.8 Å². The van der Waals surface area contributed by atoms with E-state index in [2.05, 4.69) is 6.07 Å². The first kappa shape index (κ1) is 7.35. The van der Waals surface area contributed by atoms with Crippen molar-refractivity contribution in [2.24, 2.45) is 0 Å². The van der Waals surface area contributed by atoms with E-state index in [-0.39, 0.29) is 5.91 Å². The number of amides is 1. The average Bonchev–Trinajstić information content (AvgIpc) is 2.31. The summed E-state index contributed by atoms with van der Waals surface area (Å²) in [5.74, 6) is 0.190. The van der Waals surface area contributed by atoms with Crippen LogP contribution >= 0.6 is 0 Å². The minimum Gasteiger partial charge on any atom is -0.315 e. The van der Waals surface area contributed by atoms with Gasteiger partial charge in [0.15, 0.2) is 0 Å². The number of nitrogens with zero attached hydrogens (tertiary/aromatic N) is 1. The maximum Gasteiger partial charge on any atom is 0.231 e. The van der Waals surface area contributed by atoms with Gasteiger partial charge in [0.2, 0.25) is 5.91 Å². The lowest BCUT2D eigenvalue weighted by atomic mass is 10.1. The highest BCUT2D eigenvalue weighted by molar-refractivity contribution is 6.00. The third kappa shape index (κ3) is 0.916. The summed E-state index contributed by atoms with van der Waals surface area (Å²) < 4.78 is 0. The molecule has 1 aliphatic rings. The van der Waals surface area contributed by atoms with Crippen molar-refractivity contribution in [3.63, 3.8) is 0 Å². The standard InChI is InChI=1S/C10H11NO/c1-7-3-4-8-6-10(12)11(2)9(8)5-7/h3-5H,6H2,1-2H3. The van der Waals surface area contributed by atoms with Gasteiger partial charge >= 0.3 is 0 Å². The predicted octanol–water partition coefficient (Wildman–Crippen LogP) is 1.51. The van der Waals surface area contributed by atoms with Gasteiger partial charge in [-0.15, -0.1) is 0 Å². The highest BCUT2D eigenvalue weighted by Gasteiger charge is 2.23. The normalized spacial score (nSPS) is 15.2. The van der Waals surface area contributed by atoms with E-state index in [9.17, 15) is 4.79 Å². The van der Waals surface area contributed by atoms with E-state index in [1.54, 1.807) is 4.90 Å². The van der Waals surface area contributed by atoms with E-state index in [0.29, 0.717) is 6.42 Å². The molecule has 12 heavy (non-hydrogen) atoms. The number of benzene rings is 1. The fourth-order valence-electron chi connectivity index (χ4n) is 1.55. The van der Waals surface area contributed by atoms with E-state index in [0.717, 1.165) is 11.3 Å². The quantitative estimate of drug-likeness (QED) is 0.565. The lowest BCUT2D eigenvalue weighted by molar-refractivity contribution is -0.117. The number of hydrogen-bond acceptors (Lipinski definition) is 1. The second kappa shape index (κ2) is 2.34. The van der Waals surface area contributed by atoms with E-state index in [4.69, 9.17) is 0 Å². The predicted molar refractivity (Wildman–Crippen MR) is 48.3 cm³/mol. The average molecular weight is 161 g/mol. The lowest BCUT2D eigenvalue weighted by Gasteiger charge is -2.09. The number of rotatable bonds is 0. The molecule has 2 nitrogen and oxygen atoms in total. The molecule has 0 radical (unpaired) electrons. The molecule has 1 aromatic carbocycles. The number of hydrogen-bond donors (Lipinski definition) is 0. The molecule has 2 heteroatoms. The zero-order valence-corrected chi connectivity index (χ0v) is 7.29. The molecule has 0 spiro atoms. The lowest BCUT2D eigenvalue weighted by Crippen LogP contribution is -2.20. The van der Waals surface area contributed by atoms with Gasteiger partial charge in [0.05, 0.1) is 6.42 Å². The number of anilines is 1. The van der Waals surface area contributed by atoms with Crippen molar-refractivity contribution in [2.75, 3.05) is 11.9 Å². The van der Waals surface area contributed by atoms with Crippen molar-refractivity contribution in [3.8, 4) is 0 Å². The van der Waals surface area contributed by atoms with Crippen molar-refractivity contribution in [1.29, 1.82) is 0 Å². The number of aryl methyl sites for hydroxylation is 1. The summed E-state index contributed by atoms with van der Waals surface area (Å²) >= 11 is 0. The SMILES string of the molecule is Cc1ccc2c(c1)N(C)C(=O)C2. The van der Waals surface area contributed by atoms with E-state index < -0.39 is 0 Å². The molecule has 0 aliphatic carbocycles. The summed E-state index contributed by atoms with van der Waals surface area (Å²) in [5, 5.41) is 0. The first-order valence-corrected chi connectivity index (χ1v) is 4.04. The fourth-order valence-corrected chi connectivity index (χ4v) is 1.55. The Balaban J connectivity index is 2.55. The molecule has 0 aromatic heterocycles. The molecule has 0 saturated heterocycles. The fraction of sp³-hybridized carbons (Fsp3) is 0.300. The number of carbonyl (C=O) groups is 1. The zero-order valence-electron chi connectivity index (χ0n) is 7.29.